The van der Waals surface area contributed by atoms with Crippen molar-refractivity contribution in [1.82, 2.24) is 9.97 Å². The largest absolute Gasteiger partial charge is 0.436 e. The maximum absolute atomic E-state index is 5.76. The molecule has 0 radical (unpaired) electrons. The molecule has 0 saturated carbocycles. The third kappa shape index (κ3) is 3.19. The van der Waals surface area contributed by atoms with Crippen LogP contribution in [0.25, 0.3) is 17.0 Å². The predicted octanol–water partition coefficient (Wildman–Crippen LogP) is 4.50. The van der Waals surface area contributed by atoms with Crippen molar-refractivity contribution in [3.8, 4) is 11.5 Å². The van der Waals surface area contributed by atoms with E-state index in [2.05, 4.69) is 28.2 Å². The summed E-state index contributed by atoms with van der Waals surface area (Å²) in [6, 6.07) is 3.82. The van der Waals surface area contributed by atoms with Gasteiger partial charge in [0.1, 0.15) is 0 Å². The lowest BCUT2D eigenvalue weighted by molar-refractivity contribution is 0.557. The molecule has 0 N–H and O–H groups in total. The Morgan fingerprint density at radius 2 is 2.11 bits per heavy atom. The van der Waals surface area contributed by atoms with Gasteiger partial charge in [-0.15, -0.1) is 0 Å². The molecule has 0 fully saturated rings. The first-order chi connectivity index (χ1) is 9.43. The van der Waals surface area contributed by atoms with Crippen LogP contribution in [-0.2, 0) is 0 Å². The van der Waals surface area contributed by atoms with E-state index in [0.29, 0.717) is 5.89 Å². The van der Waals surface area contributed by atoms with Gasteiger partial charge in [-0.25, -0.2) is 4.98 Å². The minimum atomic E-state index is 0.628. The van der Waals surface area contributed by atoms with Crippen molar-refractivity contribution >= 4 is 5.57 Å². The Labute approximate surface area is 113 Å². The zero-order valence-electron chi connectivity index (χ0n) is 11.3. The molecule has 2 aromatic rings. The standard InChI is InChI=1S/C14H12N2O.C2H6/c1-2-5-11(6-3-1)13-10-16-14(17-13)12-7-4-8-15-9-12;1-2/h1-2,4-5,7-10H,3,6H2;1-2H3. The third-order valence-electron chi connectivity index (χ3n) is 2.74. The molecule has 3 rings (SSSR count). The summed E-state index contributed by atoms with van der Waals surface area (Å²) in [5.74, 6) is 1.48. The van der Waals surface area contributed by atoms with Gasteiger partial charge >= 0.3 is 0 Å². The molecule has 0 saturated heterocycles. The van der Waals surface area contributed by atoms with E-state index in [0.717, 1.165) is 24.2 Å². The summed E-state index contributed by atoms with van der Waals surface area (Å²) in [5.41, 5.74) is 2.11. The van der Waals surface area contributed by atoms with Crippen LogP contribution in [-0.4, -0.2) is 9.97 Å². The van der Waals surface area contributed by atoms with Crippen molar-refractivity contribution in [3.05, 3.63) is 54.7 Å². The molecule has 0 bridgehead atoms. The summed E-state index contributed by atoms with van der Waals surface area (Å²) in [6.45, 7) is 4.00. The minimum Gasteiger partial charge on any atom is -0.436 e. The van der Waals surface area contributed by atoms with Gasteiger partial charge in [0, 0.05) is 12.4 Å². The molecule has 0 spiro atoms. The van der Waals surface area contributed by atoms with Crippen molar-refractivity contribution < 1.29 is 4.42 Å². The minimum absolute atomic E-state index is 0.628. The molecule has 19 heavy (non-hydrogen) atoms. The Balaban J connectivity index is 0.000000637. The van der Waals surface area contributed by atoms with E-state index in [1.54, 1.807) is 18.6 Å². The molecule has 3 nitrogen and oxygen atoms in total. The van der Waals surface area contributed by atoms with Crippen LogP contribution >= 0.6 is 0 Å². The van der Waals surface area contributed by atoms with Crippen LogP contribution < -0.4 is 0 Å². The number of allylic oxidation sites excluding steroid dienone is 4. The van der Waals surface area contributed by atoms with E-state index >= 15 is 0 Å². The Hall–Kier alpha value is -2.16. The first kappa shape index (κ1) is 13.3. The highest BCUT2D eigenvalue weighted by molar-refractivity contribution is 5.65. The molecule has 0 atom stereocenters. The van der Waals surface area contributed by atoms with Crippen molar-refractivity contribution in [1.29, 1.82) is 0 Å². The lowest BCUT2D eigenvalue weighted by atomic mass is 10.0. The van der Waals surface area contributed by atoms with Gasteiger partial charge in [0.2, 0.25) is 5.89 Å². The Morgan fingerprint density at radius 1 is 1.21 bits per heavy atom. The topological polar surface area (TPSA) is 38.9 Å². The van der Waals surface area contributed by atoms with Crippen LogP contribution in [0.2, 0.25) is 0 Å². The van der Waals surface area contributed by atoms with E-state index in [4.69, 9.17) is 4.42 Å². The third-order valence-corrected chi connectivity index (χ3v) is 2.74. The zero-order chi connectivity index (χ0) is 13.5. The van der Waals surface area contributed by atoms with Gasteiger partial charge in [0.15, 0.2) is 5.76 Å². The summed E-state index contributed by atoms with van der Waals surface area (Å²) in [7, 11) is 0. The molecular formula is C16H18N2O. The monoisotopic (exact) mass is 254 g/mol. The highest BCUT2D eigenvalue weighted by atomic mass is 16.4. The second-order valence-corrected chi connectivity index (χ2v) is 3.93. The van der Waals surface area contributed by atoms with Gasteiger partial charge in [-0.2, -0.15) is 0 Å². The van der Waals surface area contributed by atoms with E-state index in [9.17, 15) is 0 Å². The van der Waals surface area contributed by atoms with Crippen LogP contribution in [0, 0.1) is 0 Å². The van der Waals surface area contributed by atoms with Gasteiger partial charge in [0.25, 0.3) is 0 Å². The fraction of sp³-hybridized carbons (Fsp3) is 0.250. The maximum Gasteiger partial charge on any atom is 0.228 e. The number of hydrogen-bond donors (Lipinski definition) is 0. The molecule has 0 amide bonds. The van der Waals surface area contributed by atoms with Crippen LogP contribution in [0.3, 0.4) is 0 Å². The SMILES string of the molecule is C1=CCCC(c2cnc(-c3cccnc3)o2)=C1.CC. The van der Waals surface area contributed by atoms with Gasteiger partial charge in [-0.05, 0) is 30.5 Å². The van der Waals surface area contributed by atoms with Gasteiger partial charge in [-0.1, -0.05) is 32.1 Å². The first-order valence-corrected chi connectivity index (χ1v) is 6.66. The first-order valence-electron chi connectivity index (χ1n) is 6.66. The highest BCUT2D eigenvalue weighted by Crippen LogP contribution is 2.27. The number of nitrogens with zero attached hydrogens (tertiary/aromatic N) is 2. The fourth-order valence-electron chi connectivity index (χ4n) is 1.85. The highest BCUT2D eigenvalue weighted by Gasteiger charge is 2.10. The molecule has 1 aliphatic carbocycles. The summed E-state index contributed by atoms with van der Waals surface area (Å²) < 4.78 is 5.76. The molecule has 98 valence electrons. The summed E-state index contributed by atoms with van der Waals surface area (Å²) in [5, 5.41) is 0. The Bertz CT molecular complexity index is 567. The lowest BCUT2D eigenvalue weighted by Crippen LogP contribution is -1.84. The van der Waals surface area contributed by atoms with Gasteiger partial charge in [-0.3, -0.25) is 4.98 Å². The second kappa shape index (κ2) is 6.69. The smallest absolute Gasteiger partial charge is 0.228 e. The van der Waals surface area contributed by atoms with Crippen LogP contribution in [0.1, 0.15) is 32.4 Å². The van der Waals surface area contributed by atoms with Crippen molar-refractivity contribution in [2.75, 3.05) is 0 Å². The predicted molar refractivity (Wildman–Crippen MR) is 77.4 cm³/mol. The van der Waals surface area contributed by atoms with Crippen LogP contribution in [0.5, 0.6) is 0 Å². The quantitative estimate of drug-likeness (QED) is 0.792. The summed E-state index contributed by atoms with van der Waals surface area (Å²) in [6.07, 6.45) is 13.6. The molecular weight excluding hydrogens is 236 g/mol. The fourth-order valence-corrected chi connectivity index (χ4v) is 1.85. The molecule has 0 aliphatic heterocycles. The number of oxazole rings is 1. The van der Waals surface area contributed by atoms with E-state index in [1.807, 2.05) is 26.0 Å². The molecule has 3 heteroatoms. The van der Waals surface area contributed by atoms with Crippen molar-refractivity contribution in [3.63, 3.8) is 0 Å². The molecule has 1 aliphatic rings. The number of rotatable bonds is 2. The number of pyridine rings is 1. The normalized spacial score (nSPS) is 13.5. The average molecular weight is 254 g/mol. The van der Waals surface area contributed by atoms with Gasteiger partial charge in [0.05, 0.1) is 11.8 Å². The van der Waals surface area contributed by atoms with Gasteiger partial charge < -0.3 is 4.42 Å². The summed E-state index contributed by atoms with van der Waals surface area (Å²) >= 11 is 0. The number of aromatic nitrogens is 2. The zero-order valence-corrected chi connectivity index (χ0v) is 11.3. The molecule has 0 unspecified atom stereocenters. The van der Waals surface area contributed by atoms with E-state index < -0.39 is 0 Å². The lowest BCUT2D eigenvalue weighted by Gasteiger charge is -2.04. The maximum atomic E-state index is 5.76. The van der Waals surface area contributed by atoms with E-state index in [1.165, 1.54) is 5.57 Å². The van der Waals surface area contributed by atoms with Crippen molar-refractivity contribution in [2.24, 2.45) is 0 Å². The van der Waals surface area contributed by atoms with Crippen molar-refractivity contribution in [2.45, 2.75) is 26.7 Å². The second-order valence-electron chi connectivity index (χ2n) is 3.93. The number of hydrogen-bond acceptors (Lipinski definition) is 3. The van der Waals surface area contributed by atoms with Crippen LogP contribution in [0.4, 0.5) is 0 Å². The molecule has 2 aromatic heterocycles. The summed E-state index contributed by atoms with van der Waals surface area (Å²) in [4.78, 5) is 8.35. The van der Waals surface area contributed by atoms with Crippen LogP contribution in [0.15, 0.2) is 53.4 Å². The van der Waals surface area contributed by atoms with E-state index in [-0.39, 0.29) is 0 Å². The Kier molecular flexibility index (Phi) is 4.67. The average Bonchev–Trinajstić information content (AvgIpc) is 3.01. The Morgan fingerprint density at radius 3 is 2.79 bits per heavy atom. The molecule has 0 aromatic carbocycles. The molecule has 2 heterocycles.